The lowest BCUT2D eigenvalue weighted by Crippen LogP contribution is -2.23. The third-order valence-corrected chi connectivity index (χ3v) is 2.42. The van der Waals surface area contributed by atoms with Gasteiger partial charge in [0.05, 0.1) is 0 Å². The van der Waals surface area contributed by atoms with E-state index in [0.717, 1.165) is 0 Å². The summed E-state index contributed by atoms with van der Waals surface area (Å²) in [5.41, 5.74) is 3.30. The van der Waals surface area contributed by atoms with Gasteiger partial charge in [0.25, 0.3) is 0 Å². The zero-order chi connectivity index (χ0) is 9.07. The maximum absolute atomic E-state index is 10.4. The van der Waals surface area contributed by atoms with Gasteiger partial charge in [0.2, 0.25) is 0 Å². The van der Waals surface area contributed by atoms with Crippen LogP contribution >= 0.6 is 7.60 Å². The van der Waals surface area contributed by atoms with Gasteiger partial charge in [-0.2, -0.15) is 0 Å². The average molecular weight is 183 g/mol. The third kappa shape index (κ3) is 3.48. The summed E-state index contributed by atoms with van der Waals surface area (Å²) >= 11 is 0. The van der Waals surface area contributed by atoms with E-state index >= 15 is 0 Å². The number of hydrogen-bond acceptors (Lipinski definition) is 3. The Balaban J connectivity index is 4.35. The lowest BCUT2D eigenvalue weighted by atomic mass is 10.3. The van der Waals surface area contributed by atoms with Gasteiger partial charge in [0, 0.05) is 0 Å². The molecule has 0 aliphatic heterocycles. The highest BCUT2D eigenvalue weighted by atomic mass is 31.2. The predicted octanol–water partition coefficient (Wildman–Crippen LogP) is -1.03. The number of carboxylic acid groups (broad SMARTS) is 1. The first-order valence-electron chi connectivity index (χ1n) is 2.87. The largest absolute Gasteiger partial charge is 0.481 e. The highest BCUT2D eigenvalue weighted by Gasteiger charge is 2.34. The molecule has 66 valence electrons. The zero-order valence-corrected chi connectivity index (χ0v) is 6.57. The summed E-state index contributed by atoms with van der Waals surface area (Å²) in [4.78, 5) is 27.1. The van der Waals surface area contributed by atoms with Gasteiger partial charge in [0.1, 0.15) is 0 Å². The van der Waals surface area contributed by atoms with Gasteiger partial charge in [-0.25, -0.2) is 0 Å². The first-order chi connectivity index (χ1) is 4.89. The molecule has 0 saturated carbocycles. The first-order valence-corrected chi connectivity index (χ1v) is 4.56. The molecule has 6 nitrogen and oxygen atoms in total. The zero-order valence-electron chi connectivity index (χ0n) is 5.67. The lowest BCUT2D eigenvalue weighted by molar-refractivity contribution is -0.137. The molecule has 0 saturated heterocycles. The van der Waals surface area contributed by atoms with Crippen molar-refractivity contribution in [2.24, 2.45) is 5.73 Å². The molecule has 11 heavy (non-hydrogen) atoms. The smallest absolute Gasteiger partial charge is 0.339 e. The SMILES string of the molecule is NCC[C@@H](C(=O)O)P(=O)(O)O. The Morgan fingerprint density at radius 2 is 2.00 bits per heavy atom. The van der Waals surface area contributed by atoms with Crippen LogP contribution in [0.5, 0.6) is 0 Å². The summed E-state index contributed by atoms with van der Waals surface area (Å²) < 4.78 is 10.4. The Bertz CT molecular complexity index is 187. The van der Waals surface area contributed by atoms with Crippen molar-refractivity contribution in [3.63, 3.8) is 0 Å². The summed E-state index contributed by atoms with van der Waals surface area (Å²) in [6.07, 6.45) is -0.209. The normalized spacial score (nSPS) is 14.5. The minimum absolute atomic E-state index is 0.0535. The highest BCUT2D eigenvalue weighted by Crippen LogP contribution is 2.42. The summed E-state index contributed by atoms with van der Waals surface area (Å²) in [7, 11) is -4.53. The Labute approximate surface area is 63.2 Å². The Morgan fingerprint density at radius 1 is 1.55 bits per heavy atom. The van der Waals surface area contributed by atoms with E-state index in [-0.39, 0.29) is 13.0 Å². The molecule has 0 bridgehead atoms. The van der Waals surface area contributed by atoms with Gasteiger partial charge in [-0.3, -0.25) is 9.36 Å². The van der Waals surface area contributed by atoms with Crippen LogP contribution in [-0.4, -0.2) is 33.1 Å². The number of aliphatic carboxylic acids is 1. The molecular weight excluding hydrogens is 173 g/mol. The van der Waals surface area contributed by atoms with Crippen molar-refractivity contribution < 1.29 is 24.3 Å². The Kier molecular flexibility index (Phi) is 3.68. The van der Waals surface area contributed by atoms with Crippen molar-refractivity contribution in [3.8, 4) is 0 Å². The monoisotopic (exact) mass is 183 g/mol. The van der Waals surface area contributed by atoms with Crippen LogP contribution in [0, 0.1) is 0 Å². The molecule has 1 atom stereocenters. The molecule has 0 amide bonds. The maximum atomic E-state index is 10.4. The minimum Gasteiger partial charge on any atom is -0.481 e. The molecule has 0 fully saturated rings. The first kappa shape index (κ1) is 10.6. The number of rotatable bonds is 4. The molecule has 0 radical (unpaired) electrons. The van der Waals surface area contributed by atoms with Crippen LogP contribution in [0.1, 0.15) is 6.42 Å². The fourth-order valence-corrected chi connectivity index (χ4v) is 1.37. The molecule has 0 rings (SSSR count). The highest BCUT2D eigenvalue weighted by molar-refractivity contribution is 7.53. The molecule has 0 heterocycles. The Morgan fingerprint density at radius 3 is 2.09 bits per heavy atom. The Hall–Kier alpha value is -0.420. The van der Waals surface area contributed by atoms with Gasteiger partial charge in [-0.15, -0.1) is 0 Å². The van der Waals surface area contributed by atoms with Crippen molar-refractivity contribution >= 4 is 13.6 Å². The van der Waals surface area contributed by atoms with Crippen molar-refractivity contribution in [2.45, 2.75) is 12.1 Å². The van der Waals surface area contributed by atoms with Crippen LogP contribution < -0.4 is 5.73 Å². The van der Waals surface area contributed by atoms with Gasteiger partial charge in [-0.1, -0.05) is 0 Å². The van der Waals surface area contributed by atoms with E-state index in [1.165, 1.54) is 0 Å². The van der Waals surface area contributed by atoms with Crippen LogP contribution in [-0.2, 0) is 9.36 Å². The van der Waals surface area contributed by atoms with E-state index in [1.54, 1.807) is 0 Å². The number of carboxylic acids is 1. The van der Waals surface area contributed by atoms with Crippen molar-refractivity contribution in [1.82, 2.24) is 0 Å². The van der Waals surface area contributed by atoms with Gasteiger partial charge >= 0.3 is 13.6 Å². The number of hydrogen-bond donors (Lipinski definition) is 4. The molecule has 7 heteroatoms. The maximum Gasteiger partial charge on any atom is 0.339 e. The van der Waals surface area contributed by atoms with Crippen LogP contribution in [0.2, 0.25) is 0 Å². The van der Waals surface area contributed by atoms with Crippen LogP contribution in [0.4, 0.5) is 0 Å². The summed E-state index contributed by atoms with van der Waals surface area (Å²) in [5.74, 6) is -1.51. The van der Waals surface area contributed by atoms with Crippen LogP contribution in [0.3, 0.4) is 0 Å². The number of carbonyl (C=O) groups is 1. The summed E-state index contributed by atoms with van der Waals surface area (Å²) in [6, 6.07) is 0. The van der Waals surface area contributed by atoms with E-state index in [2.05, 4.69) is 0 Å². The van der Waals surface area contributed by atoms with Gasteiger partial charge in [0.15, 0.2) is 5.66 Å². The summed E-state index contributed by atoms with van der Waals surface area (Å²) in [6.45, 7) is -0.0535. The van der Waals surface area contributed by atoms with E-state index in [0.29, 0.717) is 0 Å². The average Bonchev–Trinajstić information content (AvgIpc) is 1.79. The second-order valence-electron chi connectivity index (χ2n) is 2.02. The predicted molar refractivity (Wildman–Crippen MR) is 37.1 cm³/mol. The standard InChI is InChI=1S/C4H10NO5P/c5-2-1-3(4(6)7)11(8,9)10/h3H,1-2,5H2,(H,6,7)(H2,8,9,10)/t3-/m0/s1. The van der Waals surface area contributed by atoms with Crippen LogP contribution in [0.25, 0.3) is 0 Å². The number of nitrogens with two attached hydrogens (primary N) is 1. The van der Waals surface area contributed by atoms with Gasteiger partial charge in [-0.05, 0) is 13.0 Å². The summed E-state index contributed by atoms with van der Waals surface area (Å²) in [5, 5.41) is 8.29. The topological polar surface area (TPSA) is 121 Å². The van der Waals surface area contributed by atoms with E-state index in [4.69, 9.17) is 20.6 Å². The van der Waals surface area contributed by atoms with E-state index < -0.39 is 19.2 Å². The van der Waals surface area contributed by atoms with Crippen molar-refractivity contribution in [1.29, 1.82) is 0 Å². The molecule has 0 aromatic carbocycles. The van der Waals surface area contributed by atoms with E-state index in [9.17, 15) is 9.36 Å². The molecular formula is C4H10NO5P. The van der Waals surface area contributed by atoms with Crippen molar-refractivity contribution in [2.75, 3.05) is 6.54 Å². The second kappa shape index (κ2) is 3.82. The molecule has 0 aliphatic rings. The molecule has 0 aliphatic carbocycles. The van der Waals surface area contributed by atoms with Crippen LogP contribution in [0.15, 0.2) is 0 Å². The fraction of sp³-hybridized carbons (Fsp3) is 0.750. The lowest BCUT2D eigenvalue weighted by Gasteiger charge is -2.11. The second-order valence-corrected chi connectivity index (χ2v) is 3.82. The fourth-order valence-electron chi connectivity index (χ4n) is 0.593. The molecule has 5 N–H and O–H groups in total. The molecule has 0 aromatic rings. The van der Waals surface area contributed by atoms with E-state index in [1.807, 2.05) is 0 Å². The third-order valence-electron chi connectivity index (χ3n) is 1.13. The molecule has 0 spiro atoms. The minimum atomic E-state index is -4.53. The quantitative estimate of drug-likeness (QED) is 0.413. The van der Waals surface area contributed by atoms with Crippen molar-refractivity contribution in [3.05, 3.63) is 0 Å². The molecule has 0 unspecified atom stereocenters. The molecule has 0 aromatic heterocycles. The van der Waals surface area contributed by atoms with Gasteiger partial charge < -0.3 is 20.6 Å².